The van der Waals surface area contributed by atoms with Crippen LogP contribution < -0.4 is 4.74 Å². The Labute approximate surface area is 155 Å². The van der Waals surface area contributed by atoms with Gasteiger partial charge in [0.2, 0.25) is 0 Å². The highest BCUT2D eigenvalue weighted by molar-refractivity contribution is 7.09. The lowest BCUT2D eigenvalue weighted by molar-refractivity contribution is 0.103. The number of rotatable bonds is 6. The molecule has 3 nitrogen and oxygen atoms in total. The Kier molecular flexibility index (Phi) is 5.31. The van der Waals surface area contributed by atoms with Crippen molar-refractivity contribution in [1.29, 1.82) is 0 Å². The maximum atomic E-state index is 11.9. The molecule has 0 atom stereocenters. The van der Waals surface area contributed by atoms with Gasteiger partial charge in [0, 0.05) is 16.5 Å². The van der Waals surface area contributed by atoms with E-state index in [0.29, 0.717) is 28.5 Å². The van der Waals surface area contributed by atoms with E-state index in [1.54, 1.807) is 25.1 Å². The van der Waals surface area contributed by atoms with E-state index in [-0.39, 0.29) is 5.78 Å². The summed E-state index contributed by atoms with van der Waals surface area (Å²) < 4.78 is 5.75. The largest absolute Gasteiger partial charge is 0.485 e. The Hall–Kier alpha value is -2.43. The molecule has 3 rings (SSSR count). The number of ether oxygens (including phenoxy) is 1. The van der Waals surface area contributed by atoms with Crippen molar-refractivity contribution in [3.05, 3.63) is 81.7 Å². The smallest absolute Gasteiger partial charge is 0.188 e. The molecule has 0 saturated carbocycles. The number of aromatic nitrogens is 1. The van der Waals surface area contributed by atoms with Crippen molar-refractivity contribution in [2.24, 2.45) is 0 Å². The molecule has 0 radical (unpaired) electrons. The number of hydrogen-bond donors (Lipinski definition) is 0. The van der Waals surface area contributed by atoms with Gasteiger partial charge in [0.05, 0.1) is 10.7 Å². The summed E-state index contributed by atoms with van der Waals surface area (Å²) in [5.41, 5.74) is 2.98. The van der Waals surface area contributed by atoms with Gasteiger partial charge in [-0.05, 0) is 30.7 Å². The molecule has 0 fully saturated rings. The molecule has 0 saturated heterocycles. The normalized spacial score (nSPS) is 10.5. The summed E-state index contributed by atoms with van der Waals surface area (Å²) in [7, 11) is 0. The van der Waals surface area contributed by atoms with Crippen molar-refractivity contribution in [3.63, 3.8) is 0 Å². The highest BCUT2D eigenvalue weighted by Crippen LogP contribution is 2.28. The van der Waals surface area contributed by atoms with Crippen molar-refractivity contribution in [2.75, 3.05) is 0 Å². The summed E-state index contributed by atoms with van der Waals surface area (Å²) in [5, 5.41) is 3.26. The standard InChI is InChI=1S/C20H16ClNO2S/c1-13(2)20(23)15-8-9-18(16(21)10-15)24-11-19-22-17(12-25-19)14-6-4-3-5-7-14/h3-10,12H,1,11H2,2H3. The third kappa shape index (κ3) is 4.16. The molecule has 0 unspecified atom stereocenters. The number of nitrogens with zero attached hydrogens (tertiary/aromatic N) is 1. The first-order valence-corrected chi connectivity index (χ1v) is 8.93. The number of carbonyl (C=O) groups excluding carboxylic acids is 1. The summed E-state index contributed by atoms with van der Waals surface area (Å²) in [4.78, 5) is 16.5. The van der Waals surface area contributed by atoms with E-state index in [1.165, 1.54) is 11.3 Å². The second kappa shape index (κ2) is 7.64. The highest BCUT2D eigenvalue weighted by Gasteiger charge is 2.11. The number of thiazole rings is 1. The summed E-state index contributed by atoms with van der Waals surface area (Å²) in [6.45, 7) is 5.65. The molecular formula is C20H16ClNO2S. The average molecular weight is 370 g/mol. The summed E-state index contributed by atoms with van der Waals surface area (Å²) >= 11 is 7.76. The molecule has 0 spiro atoms. The van der Waals surface area contributed by atoms with Crippen LogP contribution in [0.5, 0.6) is 5.75 Å². The first-order valence-electron chi connectivity index (χ1n) is 7.67. The van der Waals surface area contributed by atoms with Crippen molar-refractivity contribution < 1.29 is 9.53 Å². The summed E-state index contributed by atoms with van der Waals surface area (Å²) in [6.07, 6.45) is 0. The van der Waals surface area contributed by atoms with E-state index >= 15 is 0 Å². The first-order chi connectivity index (χ1) is 12.0. The predicted molar refractivity (Wildman–Crippen MR) is 102 cm³/mol. The fourth-order valence-corrected chi connectivity index (χ4v) is 3.21. The zero-order chi connectivity index (χ0) is 17.8. The molecule has 126 valence electrons. The summed E-state index contributed by atoms with van der Waals surface area (Å²) in [5.74, 6) is 0.400. The van der Waals surface area contributed by atoms with Gasteiger partial charge in [0.1, 0.15) is 17.4 Å². The predicted octanol–water partition coefficient (Wildman–Crippen LogP) is 5.80. The van der Waals surface area contributed by atoms with Gasteiger partial charge in [-0.2, -0.15) is 0 Å². The number of ketones is 1. The molecule has 0 aliphatic carbocycles. The van der Waals surface area contributed by atoms with Crippen LogP contribution >= 0.6 is 22.9 Å². The second-order valence-corrected chi connectivity index (χ2v) is 6.89. The Bertz CT molecular complexity index is 918. The maximum absolute atomic E-state index is 11.9. The quantitative estimate of drug-likeness (QED) is 0.407. The molecule has 0 aliphatic rings. The molecule has 0 amide bonds. The van der Waals surface area contributed by atoms with Gasteiger partial charge in [-0.15, -0.1) is 11.3 Å². The lowest BCUT2D eigenvalue weighted by Crippen LogP contribution is -2.01. The van der Waals surface area contributed by atoms with E-state index < -0.39 is 0 Å². The van der Waals surface area contributed by atoms with Crippen LogP contribution in [0.4, 0.5) is 0 Å². The summed E-state index contributed by atoms with van der Waals surface area (Å²) in [6, 6.07) is 15.0. The third-order valence-electron chi connectivity index (χ3n) is 3.55. The number of allylic oxidation sites excluding steroid dienone is 1. The molecule has 5 heteroatoms. The molecule has 1 heterocycles. The van der Waals surface area contributed by atoms with Gasteiger partial charge < -0.3 is 4.74 Å². The minimum atomic E-state index is -0.124. The maximum Gasteiger partial charge on any atom is 0.188 e. The zero-order valence-corrected chi connectivity index (χ0v) is 15.2. The Morgan fingerprint density at radius 1 is 1.24 bits per heavy atom. The highest BCUT2D eigenvalue weighted by atomic mass is 35.5. The number of Topliss-reactive ketones (excluding diaryl/α,β-unsaturated/α-hetero) is 1. The minimum Gasteiger partial charge on any atom is -0.485 e. The fraction of sp³-hybridized carbons (Fsp3) is 0.100. The van der Waals surface area contributed by atoms with Crippen LogP contribution in [0.2, 0.25) is 5.02 Å². The molecular weight excluding hydrogens is 354 g/mol. The number of carbonyl (C=O) groups is 1. The minimum absolute atomic E-state index is 0.124. The van der Waals surface area contributed by atoms with Crippen molar-refractivity contribution in [2.45, 2.75) is 13.5 Å². The van der Waals surface area contributed by atoms with Gasteiger partial charge >= 0.3 is 0 Å². The molecule has 25 heavy (non-hydrogen) atoms. The van der Waals surface area contributed by atoms with Crippen LogP contribution in [0, 0.1) is 0 Å². The number of halogens is 1. The SMILES string of the molecule is C=C(C)C(=O)c1ccc(OCc2nc(-c3ccccc3)cs2)c(Cl)c1. The van der Waals surface area contributed by atoms with Gasteiger partial charge in [-0.3, -0.25) is 4.79 Å². The molecule has 0 N–H and O–H groups in total. The lowest BCUT2D eigenvalue weighted by atomic mass is 10.1. The topological polar surface area (TPSA) is 39.2 Å². The van der Waals surface area contributed by atoms with Gasteiger partial charge in [0.25, 0.3) is 0 Å². The number of hydrogen-bond acceptors (Lipinski definition) is 4. The van der Waals surface area contributed by atoms with Gasteiger partial charge in [-0.1, -0.05) is 48.5 Å². The van der Waals surface area contributed by atoms with E-state index in [2.05, 4.69) is 11.6 Å². The molecule has 1 aromatic heterocycles. The Morgan fingerprint density at radius 3 is 2.68 bits per heavy atom. The van der Waals surface area contributed by atoms with Crippen LogP contribution in [0.15, 0.2) is 66.1 Å². The van der Waals surface area contributed by atoms with E-state index in [1.807, 2.05) is 35.7 Å². The van der Waals surface area contributed by atoms with Crippen molar-refractivity contribution in [3.8, 4) is 17.0 Å². The fourth-order valence-electron chi connectivity index (χ4n) is 2.26. The Balaban J connectivity index is 1.69. The van der Waals surface area contributed by atoms with Crippen LogP contribution in [0.25, 0.3) is 11.3 Å². The van der Waals surface area contributed by atoms with Crippen LogP contribution in [0.1, 0.15) is 22.3 Å². The van der Waals surface area contributed by atoms with Gasteiger partial charge in [0.15, 0.2) is 5.78 Å². The van der Waals surface area contributed by atoms with Crippen molar-refractivity contribution >= 4 is 28.7 Å². The molecule has 3 aromatic rings. The van der Waals surface area contributed by atoms with Crippen LogP contribution in [-0.4, -0.2) is 10.8 Å². The molecule has 0 aliphatic heterocycles. The van der Waals surface area contributed by atoms with Gasteiger partial charge in [-0.25, -0.2) is 4.98 Å². The monoisotopic (exact) mass is 369 g/mol. The van der Waals surface area contributed by atoms with E-state index in [0.717, 1.165) is 16.3 Å². The lowest BCUT2D eigenvalue weighted by Gasteiger charge is -2.08. The van der Waals surface area contributed by atoms with Crippen LogP contribution in [0.3, 0.4) is 0 Å². The van der Waals surface area contributed by atoms with Crippen LogP contribution in [-0.2, 0) is 6.61 Å². The van der Waals surface area contributed by atoms with Crippen molar-refractivity contribution in [1.82, 2.24) is 4.98 Å². The molecule has 0 bridgehead atoms. The Morgan fingerprint density at radius 2 is 2.00 bits per heavy atom. The third-order valence-corrected chi connectivity index (χ3v) is 4.67. The average Bonchev–Trinajstić information content (AvgIpc) is 3.09. The molecule has 2 aromatic carbocycles. The van der Waals surface area contributed by atoms with E-state index in [4.69, 9.17) is 16.3 Å². The zero-order valence-electron chi connectivity index (χ0n) is 13.7. The van der Waals surface area contributed by atoms with E-state index in [9.17, 15) is 4.79 Å². The first kappa shape index (κ1) is 17.4. The second-order valence-electron chi connectivity index (χ2n) is 5.54. The number of benzene rings is 2.